The quantitative estimate of drug-likeness (QED) is 0.240. The van der Waals surface area contributed by atoms with Crippen molar-refractivity contribution in [3.63, 3.8) is 0 Å². The summed E-state index contributed by atoms with van der Waals surface area (Å²) in [6.07, 6.45) is -4.15. The summed E-state index contributed by atoms with van der Waals surface area (Å²) >= 11 is 2.17. The standard InChI is InChI=1S/C26H25IO7/c1-2-13-31-24-22(28)21(34-26(23(24)29)33-20-11-9-19(27)10-12-20)15-32-25(30)18-8-7-16-5-3-4-6-17(16)14-18/h2-12,14,21-24,26,28-29H,1,13,15H2/t21-,22+,23-,24-,26+/m0/s1. The van der Waals surface area contributed by atoms with Gasteiger partial charge in [0.2, 0.25) is 6.29 Å². The van der Waals surface area contributed by atoms with Gasteiger partial charge in [0.05, 0.1) is 12.2 Å². The lowest BCUT2D eigenvalue weighted by Gasteiger charge is -2.41. The molecule has 0 aliphatic carbocycles. The number of carbonyl (C=O) groups excluding carboxylic acids is 1. The number of carbonyl (C=O) groups is 1. The van der Waals surface area contributed by atoms with E-state index in [1.807, 2.05) is 42.5 Å². The molecule has 4 rings (SSSR count). The van der Waals surface area contributed by atoms with Crippen molar-refractivity contribution in [3.8, 4) is 5.75 Å². The van der Waals surface area contributed by atoms with Gasteiger partial charge in [-0.15, -0.1) is 6.58 Å². The second-order valence-corrected chi connectivity index (χ2v) is 9.09. The molecule has 34 heavy (non-hydrogen) atoms. The molecule has 8 heteroatoms. The molecule has 0 unspecified atom stereocenters. The van der Waals surface area contributed by atoms with Crippen molar-refractivity contribution >= 4 is 39.3 Å². The van der Waals surface area contributed by atoms with E-state index in [4.69, 9.17) is 18.9 Å². The Labute approximate surface area is 211 Å². The van der Waals surface area contributed by atoms with E-state index in [-0.39, 0.29) is 13.2 Å². The molecule has 0 saturated carbocycles. The molecule has 178 valence electrons. The minimum Gasteiger partial charge on any atom is -0.462 e. The van der Waals surface area contributed by atoms with E-state index in [0.29, 0.717) is 11.3 Å². The van der Waals surface area contributed by atoms with Gasteiger partial charge in [-0.3, -0.25) is 0 Å². The van der Waals surface area contributed by atoms with Gasteiger partial charge < -0.3 is 29.2 Å². The molecule has 1 heterocycles. The van der Waals surface area contributed by atoms with Crippen LogP contribution in [0.1, 0.15) is 10.4 Å². The second-order valence-electron chi connectivity index (χ2n) is 7.84. The summed E-state index contributed by atoms with van der Waals surface area (Å²) in [6.45, 7) is 3.46. The smallest absolute Gasteiger partial charge is 0.338 e. The Bertz CT molecular complexity index is 1130. The summed E-state index contributed by atoms with van der Waals surface area (Å²) in [4.78, 5) is 12.7. The van der Waals surface area contributed by atoms with E-state index in [1.165, 1.54) is 6.08 Å². The van der Waals surface area contributed by atoms with Crippen molar-refractivity contribution in [1.29, 1.82) is 0 Å². The van der Waals surface area contributed by atoms with Crippen LogP contribution in [0.3, 0.4) is 0 Å². The fourth-order valence-corrected chi connectivity index (χ4v) is 4.08. The minimum atomic E-state index is -1.28. The van der Waals surface area contributed by atoms with E-state index in [0.717, 1.165) is 14.3 Å². The number of fused-ring (bicyclic) bond motifs is 1. The van der Waals surface area contributed by atoms with Crippen LogP contribution in [0.25, 0.3) is 10.8 Å². The van der Waals surface area contributed by atoms with E-state index >= 15 is 0 Å². The third kappa shape index (κ3) is 5.76. The summed E-state index contributed by atoms with van der Waals surface area (Å²) in [5.74, 6) is -0.0680. The number of hydrogen-bond donors (Lipinski definition) is 2. The van der Waals surface area contributed by atoms with Crippen molar-refractivity contribution in [2.24, 2.45) is 0 Å². The van der Waals surface area contributed by atoms with Gasteiger partial charge in [-0.1, -0.05) is 36.4 Å². The average molecular weight is 576 g/mol. The monoisotopic (exact) mass is 576 g/mol. The van der Waals surface area contributed by atoms with Gasteiger partial charge in [0, 0.05) is 3.57 Å². The number of rotatable bonds is 8. The summed E-state index contributed by atoms with van der Waals surface area (Å²) in [5, 5.41) is 23.4. The zero-order valence-corrected chi connectivity index (χ0v) is 20.4. The highest BCUT2D eigenvalue weighted by Crippen LogP contribution is 2.27. The number of esters is 1. The van der Waals surface area contributed by atoms with Gasteiger partial charge in [0.25, 0.3) is 0 Å². The molecule has 0 amide bonds. The number of aliphatic hydroxyl groups excluding tert-OH is 2. The number of benzene rings is 3. The fraction of sp³-hybridized carbons (Fsp3) is 0.269. The van der Waals surface area contributed by atoms with Crippen molar-refractivity contribution in [2.75, 3.05) is 13.2 Å². The van der Waals surface area contributed by atoms with Gasteiger partial charge in [-0.2, -0.15) is 0 Å². The van der Waals surface area contributed by atoms with Crippen LogP contribution >= 0.6 is 22.6 Å². The van der Waals surface area contributed by atoms with Crippen LogP contribution in [-0.4, -0.2) is 60.1 Å². The van der Waals surface area contributed by atoms with E-state index in [1.54, 1.807) is 24.3 Å². The molecule has 1 saturated heterocycles. The Morgan fingerprint density at radius 3 is 2.50 bits per heavy atom. The maximum Gasteiger partial charge on any atom is 0.338 e. The Morgan fingerprint density at radius 2 is 1.76 bits per heavy atom. The molecule has 0 radical (unpaired) electrons. The Balaban J connectivity index is 1.46. The van der Waals surface area contributed by atoms with E-state index in [2.05, 4.69) is 29.2 Å². The first-order chi connectivity index (χ1) is 16.5. The summed E-state index contributed by atoms with van der Waals surface area (Å²) in [6, 6.07) is 20.2. The van der Waals surface area contributed by atoms with Gasteiger partial charge >= 0.3 is 5.97 Å². The van der Waals surface area contributed by atoms with Crippen molar-refractivity contribution < 1.29 is 34.0 Å². The highest BCUT2D eigenvalue weighted by atomic mass is 127. The van der Waals surface area contributed by atoms with Crippen molar-refractivity contribution in [2.45, 2.75) is 30.7 Å². The van der Waals surface area contributed by atoms with Gasteiger partial charge in [0.15, 0.2) is 0 Å². The maximum atomic E-state index is 12.7. The SMILES string of the molecule is C=CCO[C@@H]1[C@H](O)[C@H](Oc2ccc(I)cc2)O[C@@H](COC(=O)c2ccc3ccccc3c2)[C@H]1O. The van der Waals surface area contributed by atoms with Gasteiger partial charge in [-0.05, 0) is 69.8 Å². The Hall–Kier alpha value is -2.50. The van der Waals surface area contributed by atoms with Crippen LogP contribution in [-0.2, 0) is 14.2 Å². The zero-order valence-electron chi connectivity index (χ0n) is 18.2. The fourth-order valence-electron chi connectivity index (χ4n) is 3.72. The molecule has 0 spiro atoms. The number of aliphatic hydroxyl groups is 2. The first kappa shape index (κ1) is 24.6. The van der Waals surface area contributed by atoms with Gasteiger partial charge in [-0.25, -0.2) is 4.79 Å². The predicted octanol–water partition coefficient (Wildman–Crippen LogP) is 3.70. The number of hydrogen-bond acceptors (Lipinski definition) is 7. The topological polar surface area (TPSA) is 94.5 Å². The summed E-state index contributed by atoms with van der Waals surface area (Å²) < 4.78 is 23.7. The highest BCUT2D eigenvalue weighted by Gasteiger charge is 2.47. The lowest BCUT2D eigenvalue weighted by molar-refractivity contribution is -0.284. The Morgan fingerprint density at radius 1 is 1.03 bits per heavy atom. The molecule has 2 N–H and O–H groups in total. The van der Waals surface area contributed by atoms with Crippen LogP contribution in [0.4, 0.5) is 0 Å². The molecule has 7 nitrogen and oxygen atoms in total. The van der Waals surface area contributed by atoms with E-state index < -0.39 is 36.7 Å². The normalized spacial score (nSPS) is 24.5. The van der Waals surface area contributed by atoms with Crippen LogP contribution in [0.2, 0.25) is 0 Å². The van der Waals surface area contributed by atoms with Crippen LogP contribution in [0.15, 0.2) is 79.4 Å². The molecule has 1 fully saturated rings. The summed E-state index contributed by atoms with van der Waals surface area (Å²) in [5.41, 5.74) is 0.384. The van der Waals surface area contributed by atoms with Gasteiger partial charge in [0.1, 0.15) is 36.8 Å². The molecule has 0 aromatic heterocycles. The molecular weight excluding hydrogens is 551 g/mol. The first-order valence-corrected chi connectivity index (χ1v) is 11.9. The number of ether oxygens (including phenoxy) is 4. The Kier molecular flexibility index (Phi) is 8.17. The third-order valence-electron chi connectivity index (χ3n) is 5.48. The zero-order chi connectivity index (χ0) is 24.1. The third-order valence-corrected chi connectivity index (χ3v) is 6.20. The number of halogens is 1. The minimum absolute atomic E-state index is 0.110. The molecule has 3 aromatic carbocycles. The largest absolute Gasteiger partial charge is 0.462 e. The molecule has 1 aliphatic rings. The molecule has 3 aromatic rings. The lowest BCUT2D eigenvalue weighted by Crippen LogP contribution is -2.61. The lowest BCUT2D eigenvalue weighted by atomic mass is 9.99. The van der Waals surface area contributed by atoms with Crippen LogP contribution in [0, 0.1) is 3.57 Å². The molecule has 0 bridgehead atoms. The van der Waals surface area contributed by atoms with E-state index in [9.17, 15) is 15.0 Å². The van der Waals surface area contributed by atoms with Crippen LogP contribution in [0.5, 0.6) is 5.75 Å². The average Bonchev–Trinajstić information content (AvgIpc) is 2.85. The van der Waals surface area contributed by atoms with Crippen molar-refractivity contribution in [3.05, 3.63) is 88.5 Å². The second kappa shape index (κ2) is 11.3. The van der Waals surface area contributed by atoms with Crippen LogP contribution < -0.4 is 4.74 Å². The van der Waals surface area contributed by atoms with Crippen molar-refractivity contribution in [1.82, 2.24) is 0 Å². The predicted molar refractivity (Wildman–Crippen MR) is 135 cm³/mol. The maximum absolute atomic E-state index is 12.7. The molecule has 5 atom stereocenters. The molecule has 1 aliphatic heterocycles. The highest BCUT2D eigenvalue weighted by molar-refractivity contribution is 14.1. The first-order valence-electron chi connectivity index (χ1n) is 10.8. The molecular formula is C26H25IO7. The summed E-state index contributed by atoms with van der Waals surface area (Å²) in [7, 11) is 0.